The number of carbonyl (C=O) groups excluding carboxylic acids is 2. The monoisotopic (exact) mass is 522 g/mol. The number of benzene rings is 1. The second-order valence-electron chi connectivity index (χ2n) is 11.4. The van der Waals surface area contributed by atoms with Crippen LogP contribution < -0.4 is 10.1 Å². The number of aromatic nitrogens is 1. The van der Waals surface area contributed by atoms with E-state index in [4.69, 9.17) is 9.47 Å². The van der Waals surface area contributed by atoms with E-state index in [0.717, 1.165) is 55.6 Å². The fourth-order valence-corrected chi connectivity index (χ4v) is 5.26. The van der Waals surface area contributed by atoms with E-state index in [1.165, 1.54) is 0 Å². The minimum Gasteiger partial charge on any atom is -0.493 e. The molecule has 2 aliphatic rings. The van der Waals surface area contributed by atoms with Gasteiger partial charge in [-0.3, -0.25) is 9.78 Å². The third kappa shape index (κ3) is 7.47. The first-order valence-corrected chi connectivity index (χ1v) is 13.8. The summed E-state index contributed by atoms with van der Waals surface area (Å²) in [5, 5.41) is 3.63. The standard InChI is InChI=1S/C30H42N4O4/c1-30(2,3)38-29(36)34-16-12-22(13-17-34)24-20-31-14-7-8-18-37-27-10-6-5-9-25(27)23-11-15-32-26(19-23)28(35)33(4)21-24/h5-6,9-11,15,19,22,24,31H,7-8,12-14,16-18,20-21H2,1-4H3. The maximum Gasteiger partial charge on any atom is 0.410 e. The van der Waals surface area contributed by atoms with E-state index in [0.29, 0.717) is 37.9 Å². The first-order chi connectivity index (χ1) is 18.2. The molecule has 1 aromatic carbocycles. The summed E-state index contributed by atoms with van der Waals surface area (Å²) < 4.78 is 11.7. The van der Waals surface area contributed by atoms with E-state index in [-0.39, 0.29) is 17.9 Å². The number of carbonyl (C=O) groups is 2. The lowest BCUT2D eigenvalue weighted by Crippen LogP contribution is -2.46. The summed E-state index contributed by atoms with van der Waals surface area (Å²) in [7, 11) is 1.86. The molecule has 8 heteroatoms. The molecule has 1 aromatic heterocycles. The van der Waals surface area contributed by atoms with Crippen molar-refractivity contribution in [2.45, 2.75) is 52.1 Å². The number of hydrogen-bond acceptors (Lipinski definition) is 6. The van der Waals surface area contributed by atoms with Crippen LogP contribution in [0.5, 0.6) is 5.75 Å². The molecule has 1 N–H and O–H groups in total. The molecule has 1 atom stereocenters. The Balaban J connectivity index is 1.48. The summed E-state index contributed by atoms with van der Waals surface area (Å²) in [6, 6.07) is 11.7. The van der Waals surface area contributed by atoms with Crippen molar-refractivity contribution in [2.24, 2.45) is 11.8 Å². The predicted octanol–water partition coefficient (Wildman–Crippen LogP) is 4.85. The minimum atomic E-state index is -0.498. The number of rotatable bonds is 1. The Morgan fingerprint density at radius 2 is 1.87 bits per heavy atom. The molecule has 0 saturated carbocycles. The molecule has 1 saturated heterocycles. The lowest BCUT2D eigenvalue weighted by atomic mass is 9.83. The van der Waals surface area contributed by atoms with Crippen molar-refractivity contribution in [3.8, 4) is 16.9 Å². The number of amides is 2. The molecule has 2 aliphatic heterocycles. The number of hydrogen-bond donors (Lipinski definition) is 1. The zero-order valence-electron chi connectivity index (χ0n) is 23.2. The Morgan fingerprint density at radius 3 is 2.63 bits per heavy atom. The first kappa shape index (κ1) is 27.9. The Bertz CT molecular complexity index is 1090. The Morgan fingerprint density at radius 1 is 1.11 bits per heavy atom. The van der Waals surface area contributed by atoms with Crippen molar-refractivity contribution in [3.63, 3.8) is 0 Å². The molecule has 2 bridgehead atoms. The molecule has 4 rings (SSSR count). The quantitative estimate of drug-likeness (QED) is 0.577. The van der Waals surface area contributed by atoms with Gasteiger partial charge in [0.25, 0.3) is 5.91 Å². The fourth-order valence-electron chi connectivity index (χ4n) is 5.26. The number of para-hydroxylation sites is 1. The van der Waals surface area contributed by atoms with Crippen molar-refractivity contribution in [1.82, 2.24) is 20.1 Å². The SMILES string of the molecule is CN1CC(C2CCN(C(=O)OC(C)(C)C)CC2)CNCCCCOc2ccccc2-c2ccnc(c2)C1=O. The third-order valence-corrected chi connectivity index (χ3v) is 7.30. The predicted molar refractivity (Wildman–Crippen MR) is 148 cm³/mol. The Kier molecular flexibility index (Phi) is 9.26. The van der Waals surface area contributed by atoms with Gasteiger partial charge in [-0.2, -0.15) is 0 Å². The van der Waals surface area contributed by atoms with Gasteiger partial charge in [-0.1, -0.05) is 18.2 Å². The van der Waals surface area contributed by atoms with E-state index in [1.807, 2.05) is 69.1 Å². The van der Waals surface area contributed by atoms with Crippen LogP contribution in [0, 0.1) is 11.8 Å². The van der Waals surface area contributed by atoms with Crippen molar-refractivity contribution in [1.29, 1.82) is 0 Å². The van der Waals surface area contributed by atoms with Crippen LogP contribution in [-0.2, 0) is 4.74 Å². The molecule has 38 heavy (non-hydrogen) atoms. The normalized spacial score (nSPS) is 20.4. The van der Waals surface area contributed by atoms with E-state index in [1.54, 1.807) is 11.1 Å². The number of piperidine rings is 1. The maximum atomic E-state index is 13.5. The Labute approximate surface area is 226 Å². The first-order valence-electron chi connectivity index (χ1n) is 13.8. The molecule has 8 nitrogen and oxygen atoms in total. The largest absolute Gasteiger partial charge is 0.493 e. The average molecular weight is 523 g/mol. The van der Waals surface area contributed by atoms with Crippen LogP contribution in [-0.4, -0.2) is 78.8 Å². The molecule has 0 aliphatic carbocycles. The highest BCUT2D eigenvalue weighted by Crippen LogP contribution is 2.31. The maximum absolute atomic E-state index is 13.5. The average Bonchev–Trinajstić information content (AvgIpc) is 2.90. The molecule has 0 spiro atoms. The van der Waals surface area contributed by atoms with Crippen LogP contribution >= 0.6 is 0 Å². The van der Waals surface area contributed by atoms with Crippen LogP contribution in [0.15, 0.2) is 42.6 Å². The molecule has 2 amide bonds. The molecule has 2 aromatic rings. The van der Waals surface area contributed by atoms with Crippen molar-refractivity contribution >= 4 is 12.0 Å². The van der Waals surface area contributed by atoms with Gasteiger partial charge in [0.2, 0.25) is 0 Å². The lowest BCUT2D eigenvalue weighted by molar-refractivity contribution is 0.0152. The number of nitrogens with one attached hydrogen (secondary N) is 1. The van der Waals surface area contributed by atoms with Gasteiger partial charge in [-0.25, -0.2) is 4.79 Å². The highest BCUT2D eigenvalue weighted by Gasteiger charge is 2.32. The summed E-state index contributed by atoms with van der Waals surface area (Å²) in [4.78, 5) is 34.0. The molecule has 206 valence electrons. The number of pyridine rings is 1. The number of likely N-dealkylation sites (tertiary alicyclic amines) is 1. The minimum absolute atomic E-state index is 0.0893. The molecule has 3 heterocycles. The van der Waals surface area contributed by atoms with Crippen LogP contribution in [0.3, 0.4) is 0 Å². The summed E-state index contributed by atoms with van der Waals surface area (Å²) in [6.07, 6.45) is 5.22. The number of ether oxygens (including phenoxy) is 2. The smallest absolute Gasteiger partial charge is 0.410 e. The topological polar surface area (TPSA) is 84.0 Å². The summed E-state index contributed by atoms with van der Waals surface area (Å²) >= 11 is 0. The summed E-state index contributed by atoms with van der Waals surface area (Å²) in [5.41, 5.74) is 1.82. The second kappa shape index (κ2) is 12.6. The molecule has 1 fully saturated rings. The van der Waals surface area contributed by atoms with Gasteiger partial charge in [0, 0.05) is 38.4 Å². The van der Waals surface area contributed by atoms with Gasteiger partial charge in [0.15, 0.2) is 0 Å². The van der Waals surface area contributed by atoms with E-state index in [9.17, 15) is 9.59 Å². The van der Waals surface area contributed by atoms with Crippen molar-refractivity contribution in [2.75, 3.05) is 46.4 Å². The third-order valence-electron chi connectivity index (χ3n) is 7.30. The summed E-state index contributed by atoms with van der Waals surface area (Å²) in [5.74, 6) is 1.42. The van der Waals surface area contributed by atoms with Crippen LogP contribution in [0.1, 0.15) is 56.9 Å². The number of fused-ring (bicyclic) bond motifs is 4. The van der Waals surface area contributed by atoms with Gasteiger partial charge in [-0.05, 0) is 95.1 Å². The highest BCUT2D eigenvalue weighted by atomic mass is 16.6. The molecular formula is C30H42N4O4. The lowest BCUT2D eigenvalue weighted by Gasteiger charge is -2.38. The van der Waals surface area contributed by atoms with E-state index < -0.39 is 5.60 Å². The van der Waals surface area contributed by atoms with Crippen LogP contribution in [0.25, 0.3) is 11.1 Å². The van der Waals surface area contributed by atoms with Gasteiger partial charge in [0.1, 0.15) is 17.0 Å². The summed E-state index contributed by atoms with van der Waals surface area (Å²) in [6.45, 7) is 10.0. The highest BCUT2D eigenvalue weighted by molar-refractivity contribution is 5.93. The molecular weight excluding hydrogens is 480 g/mol. The zero-order valence-corrected chi connectivity index (χ0v) is 23.2. The van der Waals surface area contributed by atoms with Crippen LogP contribution in [0.4, 0.5) is 4.79 Å². The second-order valence-corrected chi connectivity index (χ2v) is 11.4. The fraction of sp³-hybridized carbons (Fsp3) is 0.567. The van der Waals surface area contributed by atoms with Crippen LogP contribution in [0.2, 0.25) is 0 Å². The van der Waals surface area contributed by atoms with Gasteiger partial charge >= 0.3 is 6.09 Å². The Hall–Kier alpha value is -3.13. The van der Waals surface area contributed by atoms with E-state index >= 15 is 0 Å². The molecule has 1 unspecified atom stereocenters. The van der Waals surface area contributed by atoms with Gasteiger partial charge < -0.3 is 24.6 Å². The van der Waals surface area contributed by atoms with Crippen molar-refractivity contribution < 1.29 is 19.1 Å². The molecule has 0 radical (unpaired) electrons. The van der Waals surface area contributed by atoms with Crippen molar-refractivity contribution in [3.05, 3.63) is 48.3 Å². The van der Waals surface area contributed by atoms with Gasteiger partial charge in [0.05, 0.1) is 6.61 Å². The van der Waals surface area contributed by atoms with E-state index in [2.05, 4.69) is 10.3 Å². The van der Waals surface area contributed by atoms with Gasteiger partial charge in [-0.15, -0.1) is 0 Å². The number of nitrogens with zero attached hydrogens (tertiary/aromatic N) is 3. The zero-order chi connectivity index (χ0) is 27.1.